The third-order valence-electron chi connectivity index (χ3n) is 4.01. The molecule has 3 rings (SSSR count). The molecule has 0 aliphatic carbocycles. The Morgan fingerprint density at radius 1 is 1.24 bits per heavy atom. The van der Waals surface area contributed by atoms with Crippen LogP contribution < -0.4 is 4.74 Å². The van der Waals surface area contributed by atoms with Crippen LogP contribution in [0.4, 0.5) is 4.79 Å². The zero-order valence-electron chi connectivity index (χ0n) is 11.7. The summed E-state index contributed by atoms with van der Waals surface area (Å²) in [6.07, 6.45) is 1.27. The molecule has 1 aromatic rings. The second-order valence-corrected chi connectivity index (χ2v) is 5.35. The number of hydrogen-bond acceptors (Lipinski definition) is 3. The average Bonchev–Trinajstić information content (AvgIpc) is 2.87. The fourth-order valence-corrected chi connectivity index (χ4v) is 2.92. The highest BCUT2D eigenvalue weighted by molar-refractivity contribution is 5.83. The molecule has 2 aliphatic rings. The van der Waals surface area contributed by atoms with Gasteiger partial charge in [-0.25, -0.2) is 9.59 Å². The third kappa shape index (κ3) is 2.66. The number of carbonyl (C=O) groups is 2. The number of benzene rings is 1. The molecule has 6 heteroatoms. The molecule has 1 N–H and O–H groups in total. The third-order valence-corrected chi connectivity index (χ3v) is 4.01. The summed E-state index contributed by atoms with van der Waals surface area (Å²) in [6.45, 7) is 1.86. The number of hydrogen-bond donors (Lipinski definition) is 1. The van der Waals surface area contributed by atoms with E-state index in [1.165, 1.54) is 4.90 Å². The molecule has 0 bridgehead atoms. The lowest BCUT2D eigenvalue weighted by Gasteiger charge is -2.29. The predicted molar refractivity (Wildman–Crippen MR) is 75.1 cm³/mol. The van der Waals surface area contributed by atoms with Gasteiger partial charge in [-0.15, -0.1) is 0 Å². The van der Waals surface area contributed by atoms with Crippen LogP contribution in [0.3, 0.4) is 0 Å². The van der Waals surface area contributed by atoms with Crippen LogP contribution in [0.25, 0.3) is 0 Å². The lowest BCUT2D eigenvalue weighted by atomic mass is 10.2. The number of likely N-dealkylation sites (tertiary alicyclic amines) is 1. The lowest BCUT2D eigenvalue weighted by molar-refractivity contribution is -0.141. The molecule has 0 spiro atoms. The van der Waals surface area contributed by atoms with Crippen LogP contribution in [0.2, 0.25) is 0 Å². The molecule has 21 heavy (non-hydrogen) atoms. The van der Waals surface area contributed by atoms with Gasteiger partial charge in [0.05, 0.1) is 13.1 Å². The van der Waals surface area contributed by atoms with Gasteiger partial charge in [0.2, 0.25) is 0 Å². The van der Waals surface area contributed by atoms with Gasteiger partial charge in [0, 0.05) is 12.1 Å². The first-order chi connectivity index (χ1) is 10.2. The smallest absolute Gasteiger partial charge is 0.326 e. The second kappa shape index (κ2) is 5.63. The van der Waals surface area contributed by atoms with Gasteiger partial charge >= 0.3 is 12.0 Å². The van der Waals surface area contributed by atoms with E-state index in [-0.39, 0.29) is 6.03 Å². The Labute approximate surface area is 122 Å². The topological polar surface area (TPSA) is 70.1 Å². The van der Waals surface area contributed by atoms with E-state index >= 15 is 0 Å². The van der Waals surface area contributed by atoms with Gasteiger partial charge in [-0.1, -0.05) is 18.2 Å². The van der Waals surface area contributed by atoms with Crippen molar-refractivity contribution in [2.75, 3.05) is 19.7 Å². The molecule has 0 radical (unpaired) electrons. The first-order valence-corrected chi connectivity index (χ1v) is 7.16. The largest absolute Gasteiger partial charge is 0.491 e. The number of rotatable bonds is 1. The number of carboxylic acid groups (broad SMARTS) is 1. The normalized spacial score (nSPS) is 21.4. The van der Waals surface area contributed by atoms with Crippen molar-refractivity contribution in [2.24, 2.45) is 0 Å². The van der Waals surface area contributed by atoms with Crippen LogP contribution in [0.15, 0.2) is 24.3 Å². The SMILES string of the molecule is O=C(O)[C@H]1CCCN1C(=O)N1CCOc2ccccc2C1. The fraction of sp³-hybridized carbons (Fsp3) is 0.467. The van der Waals surface area contributed by atoms with Crippen molar-refractivity contribution < 1.29 is 19.4 Å². The molecule has 0 unspecified atom stereocenters. The molecule has 0 saturated carbocycles. The van der Waals surface area contributed by atoms with E-state index in [4.69, 9.17) is 4.74 Å². The predicted octanol–water partition coefficient (Wildman–Crippen LogP) is 1.55. The van der Waals surface area contributed by atoms with Crippen molar-refractivity contribution >= 4 is 12.0 Å². The highest BCUT2D eigenvalue weighted by Gasteiger charge is 2.36. The minimum Gasteiger partial charge on any atom is -0.491 e. The molecule has 2 heterocycles. The van der Waals surface area contributed by atoms with Crippen LogP contribution in [-0.4, -0.2) is 52.6 Å². The van der Waals surface area contributed by atoms with Crippen molar-refractivity contribution in [3.8, 4) is 5.75 Å². The van der Waals surface area contributed by atoms with Crippen molar-refractivity contribution in [1.82, 2.24) is 9.80 Å². The number of nitrogens with zero attached hydrogens (tertiary/aromatic N) is 2. The Bertz CT molecular complexity index is 560. The number of amides is 2. The van der Waals surface area contributed by atoms with Crippen LogP contribution in [-0.2, 0) is 11.3 Å². The van der Waals surface area contributed by atoms with E-state index in [0.717, 1.165) is 17.7 Å². The van der Waals surface area contributed by atoms with Crippen LogP contribution in [0, 0.1) is 0 Å². The highest BCUT2D eigenvalue weighted by atomic mass is 16.5. The number of ether oxygens (including phenoxy) is 1. The quantitative estimate of drug-likeness (QED) is 0.852. The van der Waals surface area contributed by atoms with Crippen molar-refractivity contribution in [1.29, 1.82) is 0 Å². The zero-order chi connectivity index (χ0) is 14.8. The molecule has 0 aromatic heterocycles. The monoisotopic (exact) mass is 290 g/mol. The Hall–Kier alpha value is -2.24. The summed E-state index contributed by atoms with van der Waals surface area (Å²) in [6, 6.07) is 6.72. The number of carbonyl (C=O) groups excluding carboxylic acids is 1. The molecule has 1 fully saturated rings. The molecular formula is C15H18N2O4. The highest BCUT2D eigenvalue weighted by Crippen LogP contribution is 2.25. The van der Waals surface area contributed by atoms with E-state index < -0.39 is 12.0 Å². The number of para-hydroxylation sites is 1. The summed E-state index contributed by atoms with van der Waals surface area (Å²) in [5.41, 5.74) is 0.953. The van der Waals surface area contributed by atoms with E-state index in [1.54, 1.807) is 4.90 Å². The maximum Gasteiger partial charge on any atom is 0.326 e. The molecule has 2 aliphatic heterocycles. The van der Waals surface area contributed by atoms with E-state index in [0.29, 0.717) is 32.7 Å². The second-order valence-electron chi connectivity index (χ2n) is 5.35. The molecule has 1 saturated heterocycles. The summed E-state index contributed by atoms with van der Waals surface area (Å²) in [5, 5.41) is 9.21. The van der Waals surface area contributed by atoms with Gasteiger partial charge in [-0.2, -0.15) is 0 Å². The molecule has 1 aromatic carbocycles. The summed E-state index contributed by atoms with van der Waals surface area (Å²) < 4.78 is 5.64. The van der Waals surface area contributed by atoms with Crippen molar-refractivity contribution in [2.45, 2.75) is 25.4 Å². The average molecular weight is 290 g/mol. The van der Waals surface area contributed by atoms with E-state index in [9.17, 15) is 14.7 Å². The first kappa shape index (κ1) is 13.7. The van der Waals surface area contributed by atoms with Gasteiger partial charge in [0.1, 0.15) is 18.4 Å². The Kier molecular flexibility index (Phi) is 3.68. The minimum absolute atomic E-state index is 0.208. The van der Waals surface area contributed by atoms with E-state index in [2.05, 4.69) is 0 Å². The van der Waals surface area contributed by atoms with Gasteiger partial charge in [-0.3, -0.25) is 0 Å². The summed E-state index contributed by atoms with van der Waals surface area (Å²) in [7, 11) is 0. The fourth-order valence-electron chi connectivity index (χ4n) is 2.92. The van der Waals surface area contributed by atoms with Gasteiger partial charge < -0.3 is 19.6 Å². The lowest BCUT2D eigenvalue weighted by Crippen LogP contribution is -2.48. The van der Waals surface area contributed by atoms with Gasteiger partial charge in [-0.05, 0) is 18.9 Å². The Balaban J connectivity index is 1.77. The molecule has 1 atom stereocenters. The summed E-state index contributed by atoms with van der Waals surface area (Å²) in [4.78, 5) is 27.0. The Morgan fingerprint density at radius 3 is 2.86 bits per heavy atom. The molecular weight excluding hydrogens is 272 g/mol. The first-order valence-electron chi connectivity index (χ1n) is 7.16. The molecule has 112 valence electrons. The number of aliphatic carboxylic acids is 1. The van der Waals surface area contributed by atoms with Gasteiger partial charge in [0.15, 0.2) is 0 Å². The summed E-state index contributed by atoms with van der Waals surface area (Å²) in [5.74, 6) is -0.128. The van der Waals surface area contributed by atoms with Gasteiger partial charge in [0.25, 0.3) is 0 Å². The molecule has 6 nitrogen and oxygen atoms in total. The maximum absolute atomic E-state index is 12.6. The number of urea groups is 1. The van der Waals surface area contributed by atoms with E-state index in [1.807, 2.05) is 24.3 Å². The summed E-state index contributed by atoms with van der Waals surface area (Å²) >= 11 is 0. The number of carboxylic acids is 1. The maximum atomic E-state index is 12.6. The Morgan fingerprint density at radius 2 is 2.05 bits per heavy atom. The van der Waals surface area contributed by atoms with Crippen LogP contribution in [0.1, 0.15) is 18.4 Å². The number of fused-ring (bicyclic) bond motifs is 1. The standard InChI is InChI=1S/C15H18N2O4/c18-14(19)12-5-3-7-17(12)15(20)16-8-9-21-13-6-2-1-4-11(13)10-16/h1-2,4,6,12H,3,5,7-10H2,(H,18,19)/t12-/m1/s1. The van der Waals surface area contributed by atoms with Crippen molar-refractivity contribution in [3.05, 3.63) is 29.8 Å². The minimum atomic E-state index is -0.924. The van der Waals surface area contributed by atoms with Crippen LogP contribution in [0.5, 0.6) is 5.75 Å². The zero-order valence-corrected chi connectivity index (χ0v) is 11.7. The molecule has 2 amide bonds. The van der Waals surface area contributed by atoms with Crippen molar-refractivity contribution in [3.63, 3.8) is 0 Å². The van der Waals surface area contributed by atoms with Crippen LogP contribution >= 0.6 is 0 Å².